The highest BCUT2D eigenvalue weighted by Gasteiger charge is 2.22. The topological polar surface area (TPSA) is 71.4 Å². The van der Waals surface area contributed by atoms with Gasteiger partial charge in [0.25, 0.3) is 0 Å². The van der Waals surface area contributed by atoms with E-state index in [1.807, 2.05) is 0 Å². The Morgan fingerprint density at radius 2 is 1.65 bits per heavy atom. The van der Waals surface area contributed by atoms with E-state index in [0.717, 1.165) is 4.47 Å². The lowest BCUT2D eigenvalue weighted by atomic mass is 10.2. The average molecular weight is 355 g/mol. The van der Waals surface area contributed by atoms with Crippen LogP contribution < -0.4 is 0 Å². The summed E-state index contributed by atoms with van der Waals surface area (Å²) in [6.45, 7) is 0. The molecule has 0 aliphatic rings. The first-order valence-corrected chi connectivity index (χ1v) is 8.14. The van der Waals surface area contributed by atoms with Crippen molar-refractivity contribution in [1.82, 2.24) is 0 Å². The van der Waals surface area contributed by atoms with E-state index in [2.05, 4.69) is 15.9 Å². The first-order valence-electron chi connectivity index (χ1n) is 5.70. The summed E-state index contributed by atoms with van der Waals surface area (Å²) in [5.41, 5.74) is 0.401. The highest BCUT2D eigenvalue weighted by Crippen LogP contribution is 2.21. The summed E-state index contributed by atoms with van der Waals surface area (Å²) in [4.78, 5) is 10.9. The summed E-state index contributed by atoms with van der Waals surface area (Å²) < 4.78 is 25.5. The Morgan fingerprint density at radius 3 is 2.25 bits per heavy atom. The fourth-order valence-corrected chi connectivity index (χ4v) is 3.62. The van der Waals surface area contributed by atoms with Gasteiger partial charge in [0.1, 0.15) is 0 Å². The minimum absolute atomic E-state index is 0.157. The molecule has 0 atom stereocenters. The summed E-state index contributed by atoms with van der Waals surface area (Å²) in [5.74, 6) is -1.48. The number of carboxylic acids is 1. The van der Waals surface area contributed by atoms with Crippen LogP contribution >= 0.6 is 15.9 Å². The maximum atomic E-state index is 12.3. The maximum absolute atomic E-state index is 12.3. The quantitative estimate of drug-likeness (QED) is 0.915. The van der Waals surface area contributed by atoms with Crippen molar-refractivity contribution < 1.29 is 18.3 Å². The summed E-state index contributed by atoms with van der Waals surface area (Å²) in [6, 6.07) is 12.5. The fourth-order valence-electron chi connectivity index (χ4n) is 1.79. The molecule has 4 nitrogen and oxygen atoms in total. The Hall–Kier alpha value is -1.66. The number of aromatic carboxylic acids is 1. The molecule has 20 heavy (non-hydrogen) atoms. The number of carboxylic acid groups (broad SMARTS) is 1. The molecule has 0 saturated carbocycles. The second kappa shape index (κ2) is 5.76. The highest BCUT2D eigenvalue weighted by atomic mass is 79.9. The van der Waals surface area contributed by atoms with Gasteiger partial charge in [0.15, 0.2) is 9.84 Å². The second-order valence-electron chi connectivity index (χ2n) is 4.19. The molecule has 2 rings (SSSR count). The van der Waals surface area contributed by atoms with Crippen molar-refractivity contribution in [2.24, 2.45) is 0 Å². The van der Waals surface area contributed by atoms with Gasteiger partial charge in [-0.15, -0.1) is 0 Å². The van der Waals surface area contributed by atoms with Gasteiger partial charge < -0.3 is 5.11 Å². The number of hydrogen-bond acceptors (Lipinski definition) is 3. The van der Waals surface area contributed by atoms with Crippen molar-refractivity contribution in [3.63, 3.8) is 0 Å². The van der Waals surface area contributed by atoms with Gasteiger partial charge in [-0.3, -0.25) is 0 Å². The Morgan fingerprint density at radius 1 is 1.05 bits per heavy atom. The van der Waals surface area contributed by atoms with Crippen molar-refractivity contribution in [2.45, 2.75) is 10.6 Å². The van der Waals surface area contributed by atoms with Gasteiger partial charge in [0.2, 0.25) is 0 Å². The predicted molar refractivity (Wildman–Crippen MR) is 78.4 cm³/mol. The smallest absolute Gasteiger partial charge is 0.337 e. The molecule has 2 aromatic rings. The molecule has 0 fully saturated rings. The zero-order chi connectivity index (χ0) is 14.8. The number of benzene rings is 2. The molecule has 0 radical (unpaired) electrons. The summed E-state index contributed by atoms with van der Waals surface area (Å²) in [6.07, 6.45) is 0. The molecule has 6 heteroatoms. The van der Waals surface area contributed by atoms with Crippen molar-refractivity contribution in [1.29, 1.82) is 0 Å². The monoisotopic (exact) mass is 354 g/mol. The first kappa shape index (κ1) is 14.7. The number of halogens is 1. The fraction of sp³-hybridized carbons (Fsp3) is 0.0714. The molecule has 0 aliphatic carbocycles. The predicted octanol–water partition coefficient (Wildman–Crippen LogP) is 3.12. The van der Waals surface area contributed by atoms with Crippen molar-refractivity contribution >= 4 is 31.7 Å². The molecular weight excluding hydrogens is 344 g/mol. The molecule has 0 heterocycles. The van der Waals surface area contributed by atoms with E-state index in [1.165, 1.54) is 24.3 Å². The van der Waals surface area contributed by atoms with Crippen molar-refractivity contribution in [3.8, 4) is 0 Å². The van der Waals surface area contributed by atoms with E-state index in [1.54, 1.807) is 24.3 Å². The van der Waals surface area contributed by atoms with E-state index in [0.29, 0.717) is 5.56 Å². The van der Waals surface area contributed by atoms with Crippen molar-refractivity contribution in [2.75, 3.05) is 0 Å². The molecular formula is C14H11BrO4S. The van der Waals surface area contributed by atoms with Crippen LogP contribution in [0.4, 0.5) is 0 Å². The zero-order valence-electron chi connectivity index (χ0n) is 10.3. The van der Waals surface area contributed by atoms with E-state index in [-0.39, 0.29) is 16.2 Å². The molecule has 0 spiro atoms. The van der Waals surface area contributed by atoms with E-state index in [9.17, 15) is 13.2 Å². The average Bonchev–Trinajstić information content (AvgIpc) is 2.41. The van der Waals surface area contributed by atoms with Gasteiger partial charge in [-0.05, 0) is 29.8 Å². The van der Waals surface area contributed by atoms with E-state index >= 15 is 0 Å². The van der Waals surface area contributed by atoms with Crippen LogP contribution in [0.2, 0.25) is 0 Å². The molecule has 0 amide bonds. The normalized spacial score (nSPS) is 11.2. The summed E-state index contributed by atoms with van der Waals surface area (Å²) in [7, 11) is -3.70. The standard InChI is InChI=1S/C14H11BrO4S/c15-11-7-5-10(6-8-11)9-20(18,19)13-4-2-1-3-12(13)14(16)17/h1-8H,9H2,(H,16,17). The molecule has 0 aromatic heterocycles. The molecule has 2 aromatic carbocycles. The van der Waals surface area contributed by atoms with Gasteiger partial charge in [-0.25, -0.2) is 13.2 Å². The number of sulfone groups is 1. The van der Waals surface area contributed by atoms with Crippen LogP contribution in [0.15, 0.2) is 57.9 Å². The molecule has 0 bridgehead atoms. The molecule has 0 saturated heterocycles. The summed E-state index contributed by atoms with van der Waals surface area (Å²) in [5, 5.41) is 9.06. The maximum Gasteiger partial charge on any atom is 0.337 e. The van der Waals surface area contributed by atoms with Crippen LogP contribution in [0.25, 0.3) is 0 Å². The highest BCUT2D eigenvalue weighted by molar-refractivity contribution is 9.10. The third-order valence-corrected chi connectivity index (χ3v) is 4.99. The molecule has 0 unspecified atom stereocenters. The van der Waals surface area contributed by atoms with Crippen LogP contribution in [0.1, 0.15) is 15.9 Å². The lowest BCUT2D eigenvalue weighted by Crippen LogP contribution is -2.11. The third-order valence-electron chi connectivity index (χ3n) is 2.72. The summed E-state index contributed by atoms with van der Waals surface area (Å²) >= 11 is 3.27. The van der Waals surface area contributed by atoms with E-state index in [4.69, 9.17) is 5.11 Å². The van der Waals surface area contributed by atoms with Crippen LogP contribution in [-0.2, 0) is 15.6 Å². The minimum atomic E-state index is -3.70. The van der Waals surface area contributed by atoms with Gasteiger partial charge in [-0.1, -0.05) is 40.2 Å². The number of hydrogen-bond donors (Lipinski definition) is 1. The van der Waals surface area contributed by atoms with Gasteiger partial charge >= 0.3 is 5.97 Å². The van der Waals surface area contributed by atoms with Crippen LogP contribution in [-0.4, -0.2) is 19.5 Å². The molecule has 1 N–H and O–H groups in total. The Labute approximate surface area is 125 Å². The third kappa shape index (κ3) is 3.26. The zero-order valence-corrected chi connectivity index (χ0v) is 12.7. The van der Waals surface area contributed by atoms with Gasteiger partial charge in [0, 0.05) is 4.47 Å². The lowest BCUT2D eigenvalue weighted by Gasteiger charge is -2.08. The van der Waals surface area contributed by atoms with E-state index < -0.39 is 15.8 Å². The molecule has 0 aliphatic heterocycles. The first-order chi connectivity index (χ1) is 9.40. The lowest BCUT2D eigenvalue weighted by molar-refractivity contribution is 0.0692. The van der Waals surface area contributed by atoms with Crippen LogP contribution in [0.3, 0.4) is 0 Å². The SMILES string of the molecule is O=C(O)c1ccccc1S(=O)(=O)Cc1ccc(Br)cc1. The van der Waals surface area contributed by atoms with Gasteiger partial charge in [0.05, 0.1) is 16.2 Å². The minimum Gasteiger partial charge on any atom is -0.478 e. The molecule has 104 valence electrons. The van der Waals surface area contributed by atoms with Crippen molar-refractivity contribution in [3.05, 3.63) is 64.1 Å². The Bertz CT molecular complexity index is 736. The number of carbonyl (C=O) groups is 1. The Balaban J connectivity index is 2.41. The Kier molecular flexibility index (Phi) is 4.25. The number of rotatable bonds is 4. The van der Waals surface area contributed by atoms with Gasteiger partial charge in [-0.2, -0.15) is 0 Å². The van der Waals surface area contributed by atoms with Crippen LogP contribution in [0, 0.1) is 0 Å². The van der Waals surface area contributed by atoms with Crippen LogP contribution in [0.5, 0.6) is 0 Å². The second-order valence-corrected chi connectivity index (χ2v) is 7.06. The largest absolute Gasteiger partial charge is 0.478 e.